The standard InChI is InChI=1S/C21H35ClOS/c1-3-5-7-9-10-12-14-18(13-11-8-6-4-2)17-19-15-16-20(24-19)21(22)23/h15-16,18H,3-14,17H2,1-2H3. The lowest BCUT2D eigenvalue weighted by atomic mass is 9.91. The Balaban J connectivity index is 2.39. The van der Waals surface area contributed by atoms with Crippen LogP contribution in [-0.4, -0.2) is 5.24 Å². The summed E-state index contributed by atoms with van der Waals surface area (Å²) in [5.41, 5.74) is 0. The first-order chi connectivity index (χ1) is 11.7. The Morgan fingerprint density at radius 2 is 1.46 bits per heavy atom. The van der Waals surface area contributed by atoms with Crippen LogP contribution in [0.15, 0.2) is 12.1 Å². The predicted octanol–water partition coefficient (Wildman–Crippen LogP) is 8.01. The van der Waals surface area contributed by atoms with Crippen molar-refractivity contribution >= 4 is 28.2 Å². The first kappa shape index (κ1) is 21.7. The highest BCUT2D eigenvalue weighted by Gasteiger charge is 2.13. The maximum atomic E-state index is 11.3. The van der Waals surface area contributed by atoms with Gasteiger partial charge in [-0.25, -0.2) is 0 Å². The fraction of sp³-hybridized carbons (Fsp3) is 0.762. The van der Waals surface area contributed by atoms with Gasteiger partial charge in [0.15, 0.2) is 0 Å². The highest BCUT2D eigenvalue weighted by atomic mass is 35.5. The number of thiophene rings is 1. The number of carbonyl (C=O) groups is 1. The number of hydrogen-bond acceptors (Lipinski definition) is 2. The van der Waals surface area contributed by atoms with Gasteiger partial charge in [-0.05, 0) is 36.1 Å². The van der Waals surface area contributed by atoms with E-state index in [1.807, 2.05) is 6.07 Å². The van der Waals surface area contributed by atoms with Crippen LogP contribution < -0.4 is 0 Å². The second-order valence-electron chi connectivity index (χ2n) is 7.02. The summed E-state index contributed by atoms with van der Waals surface area (Å²) < 4.78 is 0. The lowest BCUT2D eigenvalue weighted by molar-refractivity contribution is 0.108. The van der Waals surface area contributed by atoms with Gasteiger partial charge in [0.1, 0.15) is 0 Å². The fourth-order valence-electron chi connectivity index (χ4n) is 3.30. The van der Waals surface area contributed by atoms with Gasteiger partial charge in [0.25, 0.3) is 5.24 Å². The van der Waals surface area contributed by atoms with Gasteiger partial charge in [-0.3, -0.25) is 4.79 Å². The van der Waals surface area contributed by atoms with E-state index in [9.17, 15) is 4.79 Å². The average molecular weight is 371 g/mol. The van der Waals surface area contributed by atoms with Gasteiger partial charge in [0.2, 0.25) is 0 Å². The van der Waals surface area contributed by atoms with Crippen LogP contribution in [0.2, 0.25) is 0 Å². The molecule has 3 heteroatoms. The fourth-order valence-corrected chi connectivity index (χ4v) is 4.43. The molecule has 0 bridgehead atoms. The Labute approximate surface area is 158 Å². The summed E-state index contributed by atoms with van der Waals surface area (Å²) in [6, 6.07) is 3.98. The molecule has 0 fully saturated rings. The van der Waals surface area contributed by atoms with E-state index in [0.717, 1.165) is 12.3 Å². The minimum absolute atomic E-state index is 0.318. The molecule has 0 spiro atoms. The minimum atomic E-state index is -0.318. The highest BCUT2D eigenvalue weighted by molar-refractivity contribution is 7.15. The zero-order chi connectivity index (χ0) is 17.6. The molecule has 0 aliphatic carbocycles. The lowest BCUT2D eigenvalue weighted by Crippen LogP contribution is -2.04. The van der Waals surface area contributed by atoms with E-state index < -0.39 is 0 Å². The summed E-state index contributed by atoms with van der Waals surface area (Å²) in [6.45, 7) is 4.54. The molecule has 1 aromatic rings. The van der Waals surface area contributed by atoms with Crippen molar-refractivity contribution in [2.75, 3.05) is 0 Å². The van der Waals surface area contributed by atoms with E-state index in [1.165, 1.54) is 81.9 Å². The number of carbonyl (C=O) groups excluding carboxylic acids is 1. The summed E-state index contributed by atoms with van der Waals surface area (Å²) in [5, 5.41) is -0.318. The van der Waals surface area contributed by atoms with Gasteiger partial charge in [-0.2, -0.15) is 0 Å². The van der Waals surface area contributed by atoms with E-state index in [-0.39, 0.29) is 5.24 Å². The molecule has 1 heterocycles. The molecule has 0 radical (unpaired) electrons. The van der Waals surface area contributed by atoms with Gasteiger partial charge in [-0.1, -0.05) is 90.9 Å². The Morgan fingerprint density at radius 1 is 0.917 bits per heavy atom. The van der Waals surface area contributed by atoms with Gasteiger partial charge in [0.05, 0.1) is 4.88 Å². The minimum Gasteiger partial charge on any atom is -0.275 e. The van der Waals surface area contributed by atoms with E-state index >= 15 is 0 Å². The first-order valence-electron chi connectivity index (χ1n) is 9.95. The Kier molecular flexibility index (Phi) is 12.6. The third-order valence-corrected chi connectivity index (χ3v) is 6.20. The summed E-state index contributed by atoms with van der Waals surface area (Å²) in [6.07, 6.45) is 17.4. The first-order valence-corrected chi connectivity index (χ1v) is 11.1. The maximum Gasteiger partial charge on any atom is 0.262 e. The quantitative estimate of drug-likeness (QED) is 0.225. The number of rotatable bonds is 15. The SMILES string of the molecule is CCCCCCCCC(CCCCCC)Cc1ccc(C(=O)Cl)s1. The van der Waals surface area contributed by atoms with E-state index in [1.54, 1.807) is 11.3 Å². The molecule has 0 aromatic carbocycles. The molecule has 1 atom stereocenters. The third-order valence-electron chi connectivity index (χ3n) is 4.78. The van der Waals surface area contributed by atoms with Crippen LogP contribution in [0.3, 0.4) is 0 Å². The van der Waals surface area contributed by atoms with E-state index in [2.05, 4.69) is 19.9 Å². The van der Waals surface area contributed by atoms with Gasteiger partial charge < -0.3 is 0 Å². The van der Waals surface area contributed by atoms with Crippen molar-refractivity contribution < 1.29 is 4.79 Å². The predicted molar refractivity (Wildman–Crippen MR) is 108 cm³/mol. The molecule has 1 rings (SSSR count). The normalized spacial score (nSPS) is 12.5. The van der Waals surface area contributed by atoms with Gasteiger partial charge in [0, 0.05) is 4.88 Å². The van der Waals surface area contributed by atoms with Crippen molar-refractivity contribution in [3.8, 4) is 0 Å². The van der Waals surface area contributed by atoms with Crippen LogP contribution in [0.1, 0.15) is 105 Å². The van der Waals surface area contributed by atoms with Crippen LogP contribution in [0.25, 0.3) is 0 Å². The summed E-state index contributed by atoms with van der Waals surface area (Å²) in [5.74, 6) is 0.768. The molecule has 0 aliphatic rings. The largest absolute Gasteiger partial charge is 0.275 e. The number of hydrogen-bond donors (Lipinski definition) is 0. The molecule has 0 N–H and O–H groups in total. The lowest BCUT2D eigenvalue weighted by Gasteiger charge is -2.16. The van der Waals surface area contributed by atoms with Crippen LogP contribution in [0, 0.1) is 5.92 Å². The molecular formula is C21H35ClOS. The van der Waals surface area contributed by atoms with Gasteiger partial charge >= 0.3 is 0 Å². The zero-order valence-electron chi connectivity index (χ0n) is 15.6. The van der Waals surface area contributed by atoms with Gasteiger partial charge in [-0.15, -0.1) is 11.3 Å². The smallest absolute Gasteiger partial charge is 0.262 e. The van der Waals surface area contributed by atoms with Crippen molar-refractivity contribution in [2.45, 2.75) is 97.3 Å². The number of unbranched alkanes of at least 4 members (excludes halogenated alkanes) is 8. The van der Waals surface area contributed by atoms with Crippen molar-refractivity contribution in [3.05, 3.63) is 21.9 Å². The van der Waals surface area contributed by atoms with Crippen LogP contribution >= 0.6 is 22.9 Å². The van der Waals surface area contributed by atoms with E-state index in [0.29, 0.717) is 4.88 Å². The van der Waals surface area contributed by atoms with Crippen molar-refractivity contribution in [3.63, 3.8) is 0 Å². The molecule has 138 valence electrons. The summed E-state index contributed by atoms with van der Waals surface area (Å²) >= 11 is 7.17. The molecule has 24 heavy (non-hydrogen) atoms. The molecule has 0 saturated carbocycles. The van der Waals surface area contributed by atoms with Crippen LogP contribution in [0.4, 0.5) is 0 Å². The second kappa shape index (κ2) is 13.9. The molecule has 0 saturated heterocycles. The highest BCUT2D eigenvalue weighted by Crippen LogP contribution is 2.27. The molecule has 1 nitrogen and oxygen atoms in total. The molecule has 1 unspecified atom stereocenters. The molecule has 0 amide bonds. The Hall–Kier alpha value is -0.340. The number of halogens is 1. The summed E-state index contributed by atoms with van der Waals surface area (Å²) in [7, 11) is 0. The van der Waals surface area contributed by atoms with Crippen molar-refractivity contribution in [2.24, 2.45) is 5.92 Å². The van der Waals surface area contributed by atoms with Crippen LogP contribution in [0.5, 0.6) is 0 Å². The van der Waals surface area contributed by atoms with E-state index in [4.69, 9.17) is 11.6 Å². The molecule has 1 aromatic heterocycles. The van der Waals surface area contributed by atoms with Crippen LogP contribution in [-0.2, 0) is 6.42 Å². The third kappa shape index (κ3) is 9.84. The monoisotopic (exact) mass is 370 g/mol. The Bertz CT molecular complexity index is 441. The summed E-state index contributed by atoms with van der Waals surface area (Å²) in [4.78, 5) is 13.3. The maximum absolute atomic E-state index is 11.3. The topological polar surface area (TPSA) is 17.1 Å². The molecular weight excluding hydrogens is 336 g/mol. The molecule has 0 aliphatic heterocycles. The zero-order valence-corrected chi connectivity index (χ0v) is 17.2. The van der Waals surface area contributed by atoms with Crippen molar-refractivity contribution in [1.29, 1.82) is 0 Å². The van der Waals surface area contributed by atoms with Crippen molar-refractivity contribution in [1.82, 2.24) is 0 Å². The second-order valence-corrected chi connectivity index (χ2v) is 8.53. The average Bonchev–Trinajstić information content (AvgIpc) is 3.03. The Morgan fingerprint density at radius 3 is 2.00 bits per heavy atom.